The third-order valence-corrected chi connectivity index (χ3v) is 3.28. The van der Waals surface area contributed by atoms with Crippen LogP contribution in [0.3, 0.4) is 0 Å². The number of ether oxygens (including phenoxy) is 2. The Morgan fingerprint density at radius 1 is 1.36 bits per heavy atom. The van der Waals surface area contributed by atoms with Gasteiger partial charge in [0.1, 0.15) is 24.1 Å². The molecule has 1 unspecified atom stereocenters. The summed E-state index contributed by atoms with van der Waals surface area (Å²) in [6.45, 7) is 1.99. The van der Waals surface area contributed by atoms with Gasteiger partial charge in [-0.25, -0.2) is 0 Å². The van der Waals surface area contributed by atoms with Crippen LogP contribution in [-0.2, 0) is 4.74 Å². The van der Waals surface area contributed by atoms with Crippen molar-refractivity contribution >= 4 is 11.4 Å². The quantitative estimate of drug-likeness (QED) is 0.461. The molecule has 0 amide bonds. The van der Waals surface area contributed by atoms with Crippen molar-refractivity contribution in [3.05, 3.63) is 23.4 Å². The van der Waals surface area contributed by atoms with E-state index in [0.29, 0.717) is 12.4 Å². The molecule has 1 fully saturated rings. The van der Waals surface area contributed by atoms with Gasteiger partial charge in [0.15, 0.2) is 6.23 Å². The number of aliphatic hydroxyl groups excluding tert-OH is 3. The third kappa shape index (κ3) is 3.58. The normalized spacial score (nSPS) is 28.3. The molecule has 0 aliphatic carbocycles. The van der Waals surface area contributed by atoms with Crippen LogP contribution in [0.5, 0.6) is 5.75 Å². The molecule has 9 heteroatoms. The van der Waals surface area contributed by atoms with Crippen LogP contribution < -0.4 is 15.3 Å². The van der Waals surface area contributed by atoms with Gasteiger partial charge < -0.3 is 40.5 Å². The highest BCUT2D eigenvalue weighted by atomic mass is 16.8. The first-order chi connectivity index (χ1) is 10.4. The molecular weight excluding hydrogens is 296 g/mol. The second-order valence-corrected chi connectivity index (χ2v) is 4.83. The zero-order chi connectivity index (χ0) is 16.3. The van der Waals surface area contributed by atoms with Gasteiger partial charge in [0.05, 0.1) is 24.6 Å². The summed E-state index contributed by atoms with van der Waals surface area (Å²) in [5, 5.41) is 51.7. The average molecular weight is 315 g/mol. The fraction of sp³-hybridized carbons (Fsp3) is 0.538. The van der Waals surface area contributed by atoms with Crippen molar-refractivity contribution < 1.29 is 30.0 Å². The first kappa shape index (κ1) is 16.7. The van der Waals surface area contributed by atoms with Crippen LogP contribution in [0.2, 0.25) is 0 Å². The number of hydrogen-bond acceptors (Lipinski definition) is 9. The molecule has 9 nitrogen and oxygen atoms in total. The minimum Gasteiger partial charge on any atom is -0.733 e. The molecule has 5 N–H and O–H groups in total. The zero-order valence-corrected chi connectivity index (χ0v) is 11.9. The monoisotopic (exact) mass is 315 g/mol. The van der Waals surface area contributed by atoms with E-state index >= 15 is 0 Å². The summed E-state index contributed by atoms with van der Waals surface area (Å²) < 4.78 is 10.4. The number of hydrogen-bond donors (Lipinski definition) is 5. The van der Waals surface area contributed by atoms with E-state index in [1.807, 2.05) is 0 Å². The van der Waals surface area contributed by atoms with Crippen molar-refractivity contribution in [2.45, 2.75) is 31.5 Å². The Morgan fingerprint density at radius 3 is 2.73 bits per heavy atom. The van der Waals surface area contributed by atoms with Crippen molar-refractivity contribution in [1.29, 1.82) is 0 Å². The Bertz CT molecular complexity index is 499. The second kappa shape index (κ2) is 7.09. The molecule has 0 bridgehead atoms. The summed E-state index contributed by atoms with van der Waals surface area (Å²) in [5.74, 6) is 0.388. The Kier molecular flexibility index (Phi) is 5.40. The van der Waals surface area contributed by atoms with E-state index in [0.717, 1.165) is 0 Å². The van der Waals surface area contributed by atoms with Gasteiger partial charge in [-0.2, -0.15) is 0 Å². The lowest BCUT2D eigenvalue weighted by atomic mass is 10.0. The number of anilines is 2. The molecule has 0 saturated carbocycles. The molecule has 1 aliphatic rings. The molecule has 1 aliphatic heterocycles. The van der Waals surface area contributed by atoms with E-state index in [4.69, 9.17) is 9.47 Å². The van der Waals surface area contributed by atoms with Gasteiger partial charge in [-0.1, -0.05) is 0 Å². The number of rotatable bonds is 5. The van der Waals surface area contributed by atoms with Gasteiger partial charge >= 0.3 is 0 Å². The van der Waals surface area contributed by atoms with Gasteiger partial charge in [0.2, 0.25) is 0 Å². The summed E-state index contributed by atoms with van der Waals surface area (Å²) in [6.07, 6.45) is -5.02. The Balaban J connectivity index is 2.18. The number of nitrogens with one attached hydrogen (secondary N) is 1. The van der Waals surface area contributed by atoms with Crippen LogP contribution in [0.1, 0.15) is 6.92 Å². The van der Waals surface area contributed by atoms with Crippen molar-refractivity contribution in [2.24, 2.45) is 0 Å². The van der Waals surface area contributed by atoms with Crippen molar-refractivity contribution in [1.82, 2.24) is 0 Å². The molecule has 0 radical (unpaired) electrons. The minimum absolute atomic E-state index is 0.137. The number of benzene rings is 1. The average Bonchev–Trinajstić information content (AvgIpc) is 2.49. The van der Waals surface area contributed by atoms with Gasteiger partial charge in [0, 0.05) is 6.07 Å². The van der Waals surface area contributed by atoms with Crippen LogP contribution in [0.15, 0.2) is 18.2 Å². The molecular formula is C13H19N2O7-. The van der Waals surface area contributed by atoms with Crippen LogP contribution >= 0.6 is 0 Å². The number of nitrogens with zero attached hydrogens (tertiary/aromatic N) is 1. The van der Waals surface area contributed by atoms with Gasteiger partial charge in [-0.3, -0.25) is 5.21 Å². The first-order valence-corrected chi connectivity index (χ1v) is 6.79. The topological polar surface area (TPSA) is 138 Å². The first-order valence-electron chi connectivity index (χ1n) is 6.79. The molecule has 0 spiro atoms. The lowest BCUT2D eigenvalue weighted by molar-refractivity contribution is -0.178. The molecule has 124 valence electrons. The van der Waals surface area contributed by atoms with Crippen molar-refractivity contribution in [3.63, 3.8) is 0 Å². The van der Waals surface area contributed by atoms with E-state index in [9.17, 15) is 25.7 Å². The molecule has 0 aromatic heterocycles. The van der Waals surface area contributed by atoms with E-state index < -0.39 is 24.5 Å². The Hall–Kier alpha value is -1.62. The summed E-state index contributed by atoms with van der Waals surface area (Å²) >= 11 is 0. The van der Waals surface area contributed by atoms with Crippen LogP contribution in [0.25, 0.3) is 0 Å². The predicted octanol–water partition coefficient (Wildman–Crippen LogP) is -0.370. The van der Waals surface area contributed by atoms with E-state index in [-0.39, 0.29) is 23.2 Å². The molecule has 1 heterocycles. The summed E-state index contributed by atoms with van der Waals surface area (Å²) in [6, 6.07) is 4.35. The maximum absolute atomic E-state index is 11.2. The minimum atomic E-state index is -1.40. The Labute approximate surface area is 126 Å². The van der Waals surface area contributed by atoms with Crippen molar-refractivity contribution in [2.75, 3.05) is 23.8 Å². The highest BCUT2D eigenvalue weighted by Crippen LogP contribution is 2.31. The molecule has 1 saturated heterocycles. The molecule has 22 heavy (non-hydrogen) atoms. The van der Waals surface area contributed by atoms with E-state index in [2.05, 4.69) is 5.32 Å². The van der Waals surface area contributed by atoms with E-state index in [1.54, 1.807) is 13.0 Å². The Morgan fingerprint density at radius 2 is 2.09 bits per heavy atom. The predicted molar refractivity (Wildman–Crippen MR) is 76.6 cm³/mol. The van der Waals surface area contributed by atoms with Gasteiger partial charge in [-0.05, 0) is 19.1 Å². The highest BCUT2D eigenvalue weighted by Gasteiger charge is 2.37. The SMILES string of the molecule is CCOc1ccc(NC2OC[C@@H](O)[C@H](O)[C@H]2O)c(N([O-])O)c1. The zero-order valence-electron chi connectivity index (χ0n) is 11.9. The summed E-state index contributed by atoms with van der Waals surface area (Å²) in [7, 11) is 0. The highest BCUT2D eigenvalue weighted by molar-refractivity contribution is 5.71. The molecule has 4 atom stereocenters. The standard InChI is InChI=1S/C13H19N2O7/c1-2-21-7-3-4-8(9(5-7)15(19)20)14-13-12(18)11(17)10(16)6-22-13/h3-5,10-14,16-19H,2,6H2,1H3/q-1/t10-,11+,12-,13?/m1/s1. The second-order valence-electron chi connectivity index (χ2n) is 4.83. The largest absolute Gasteiger partial charge is 0.733 e. The lowest BCUT2D eigenvalue weighted by Crippen LogP contribution is -2.55. The third-order valence-electron chi connectivity index (χ3n) is 3.28. The van der Waals surface area contributed by atoms with Gasteiger partial charge in [-0.15, -0.1) is 0 Å². The van der Waals surface area contributed by atoms with Crippen molar-refractivity contribution in [3.8, 4) is 5.75 Å². The lowest BCUT2D eigenvalue weighted by Gasteiger charge is -2.37. The maximum atomic E-state index is 11.2. The van der Waals surface area contributed by atoms with Gasteiger partial charge in [0.25, 0.3) is 0 Å². The number of aliphatic hydroxyl groups is 3. The van der Waals surface area contributed by atoms with Crippen LogP contribution in [0, 0.1) is 5.21 Å². The maximum Gasteiger partial charge on any atom is 0.156 e. The van der Waals surface area contributed by atoms with E-state index in [1.165, 1.54) is 12.1 Å². The summed E-state index contributed by atoms with van der Waals surface area (Å²) in [5.41, 5.74) is 0.0379. The summed E-state index contributed by atoms with van der Waals surface area (Å²) in [4.78, 5) is 0. The van der Waals surface area contributed by atoms with Crippen LogP contribution in [-0.4, -0.2) is 58.3 Å². The molecule has 1 aromatic rings. The fourth-order valence-corrected chi connectivity index (χ4v) is 2.13. The molecule has 1 aromatic carbocycles. The molecule has 2 rings (SSSR count). The smallest absolute Gasteiger partial charge is 0.156 e. The van der Waals surface area contributed by atoms with Crippen LogP contribution in [0.4, 0.5) is 11.4 Å². The fourth-order valence-electron chi connectivity index (χ4n) is 2.13.